The first-order chi connectivity index (χ1) is 13.2. The molecule has 0 saturated carbocycles. The molecule has 142 valence electrons. The largest absolute Gasteiger partial charge is 0.497 e. The van der Waals surface area contributed by atoms with E-state index >= 15 is 0 Å². The van der Waals surface area contributed by atoms with Crippen LogP contribution in [0.4, 0.5) is 4.79 Å². The van der Waals surface area contributed by atoms with E-state index < -0.39 is 0 Å². The van der Waals surface area contributed by atoms with Gasteiger partial charge in [0.15, 0.2) is 0 Å². The van der Waals surface area contributed by atoms with Gasteiger partial charge < -0.3 is 20.1 Å². The van der Waals surface area contributed by atoms with E-state index in [2.05, 4.69) is 27.8 Å². The number of nitrogens with zero attached hydrogens (tertiary/aromatic N) is 1. The maximum absolute atomic E-state index is 12.0. The van der Waals surface area contributed by atoms with E-state index in [4.69, 9.17) is 9.47 Å². The van der Waals surface area contributed by atoms with Gasteiger partial charge in [-0.2, -0.15) is 0 Å². The molecule has 0 fully saturated rings. The van der Waals surface area contributed by atoms with Gasteiger partial charge in [-0.15, -0.1) is 0 Å². The molecule has 0 radical (unpaired) electrons. The van der Waals surface area contributed by atoms with Crippen LogP contribution in [-0.4, -0.2) is 24.7 Å². The second-order valence-electron chi connectivity index (χ2n) is 6.49. The summed E-state index contributed by atoms with van der Waals surface area (Å²) >= 11 is 0. The highest BCUT2D eigenvalue weighted by Crippen LogP contribution is 2.22. The van der Waals surface area contributed by atoms with E-state index in [1.165, 1.54) is 0 Å². The molecule has 0 spiro atoms. The Labute approximate surface area is 159 Å². The Balaban J connectivity index is 1.46. The minimum atomic E-state index is -0.154. The fourth-order valence-electron chi connectivity index (χ4n) is 2.90. The van der Waals surface area contributed by atoms with Gasteiger partial charge in [0.1, 0.15) is 11.5 Å². The number of ether oxygens (including phenoxy) is 2. The molecule has 0 saturated heterocycles. The van der Waals surface area contributed by atoms with Crippen LogP contribution in [0.3, 0.4) is 0 Å². The first-order valence-electron chi connectivity index (χ1n) is 9.16. The molecule has 2 amide bonds. The molecule has 1 aromatic carbocycles. The van der Waals surface area contributed by atoms with Crippen LogP contribution in [0.2, 0.25) is 0 Å². The Hall–Kier alpha value is -3.02. The highest BCUT2D eigenvalue weighted by Gasteiger charge is 2.11. The first-order valence-corrected chi connectivity index (χ1v) is 9.16. The van der Waals surface area contributed by atoms with Crippen molar-refractivity contribution in [2.45, 2.75) is 25.8 Å². The molecule has 1 aliphatic rings. The lowest BCUT2D eigenvalue weighted by molar-refractivity contribution is 0.238. The van der Waals surface area contributed by atoms with Gasteiger partial charge in [-0.3, -0.25) is 0 Å². The van der Waals surface area contributed by atoms with Crippen LogP contribution < -0.4 is 20.1 Å². The molecule has 3 rings (SSSR count). The van der Waals surface area contributed by atoms with Crippen LogP contribution in [0, 0.1) is 5.92 Å². The molecule has 0 unspecified atom stereocenters. The number of amides is 2. The normalized spacial score (nSPS) is 15.8. The van der Waals surface area contributed by atoms with E-state index in [9.17, 15) is 4.79 Å². The lowest BCUT2D eigenvalue weighted by Crippen LogP contribution is -2.38. The number of rotatable bonds is 7. The third kappa shape index (κ3) is 6.02. The third-order valence-corrected chi connectivity index (χ3v) is 4.46. The van der Waals surface area contributed by atoms with Crippen LogP contribution in [-0.2, 0) is 6.54 Å². The van der Waals surface area contributed by atoms with Crippen molar-refractivity contribution in [1.82, 2.24) is 15.6 Å². The Kier molecular flexibility index (Phi) is 6.68. The summed E-state index contributed by atoms with van der Waals surface area (Å²) in [5, 5.41) is 5.82. The summed E-state index contributed by atoms with van der Waals surface area (Å²) in [5.74, 6) is 2.45. The van der Waals surface area contributed by atoms with Gasteiger partial charge in [-0.05, 0) is 61.1 Å². The zero-order chi connectivity index (χ0) is 18.9. The predicted molar refractivity (Wildman–Crippen MR) is 104 cm³/mol. The molecule has 0 bridgehead atoms. The van der Waals surface area contributed by atoms with Crippen molar-refractivity contribution >= 4 is 6.03 Å². The topological polar surface area (TPSA) is 72.5 Å². The SMILES string of the molecule is COc1ccc(Oc2cc(CNC(=O)NC[C@@H]3CC=CCC3)ccn2)cc1. The summed E-state index contributed by atoms with van der Waals surface area (Å²) in [5.41, 5.74) is 0.921. The molecule has 1 heterocycles. The van der Waals surface area contributed by atoms with Crippen molar-refractivity contribution in [3.63, 3.8) is 0 Å². The molecule has 1 atom stereocenters. The van der Waals surface area contributed by atoms with Crippen LogP contribution >= 0.6 is 0 Å². The molecule has 6 nitrogen and oxygen atoms in total. The number of aromatic nitrogens is 1. The summed E-state index contributed by atoms with van der Waals surface area (Å²) in [6, 6.07) is 10.8. The van der Waals surface area contributed by atoms with Crippen LogP contribution in [0.5, 0.6) is 17.4 Å². The van der Waals surface area contributed by atoms with Crippen molar-refractivity contribution in [2.24, 2.45) is 5.92 Å². The van der Waals surface area contributed by atoms with Gasteiger partial charge in [0, 0.05) is 25.4 Å². The van der Waals surface area contributed by atoms with Crippen LogP contribution in [0.15, 0.2) is 54.7 Å². The summed E-state index contributed by atoms with van der Waals surface area (Å²) in [7, 11) is 1.62. The number of hydrogen-bond acceptors (Lipinski definition) is 4. The molecule has 2 N–H and O–H groups in total. The summed E-state index contributed by atoms with van der Waals surface area (Å²) in [6.07, 6.45) is 9.33. The average Bonchev–Trinajstić information content (AvgIpc) is 2.72. The van der Waals surface area contributed by atoms with Gasteiger partial charge in [-0.1, -0.05) is 12.2 Å². The minimum Gasteiger partial charge on any atom is -0.497 e. The summed E-state index contributed by atoms with van der Waals surface area (Å²) in [4.78, 5) is 16.2. The number of methoxy groups -OCH3 is 1. The zero-order valence-electron chi connectivity index (χ0n) is 15.5. The van der Waals surface area contributed by atoms with E-state index in [0.717, 1.165) is 30.6 Å². The van der Waals surface area contributed by atoms with Crippen molar-refractivity contribution < 1.29 is 14.3 Å². The number of urea groups is 1. The number of carbonyl (C=O) groups excluding carboxylic acids is 1. The number of carbonyl (C=O) groups is 1. The lowest BCUT2D eigenvalue weighted by atomic mass is 9.94. The average molecular weight is 367 g/mol. The molecular weight excluding hydrogens is 342 g/mol. The standard InChI is InChI=1S/C21H25N3O3/c1-26-18-7-9-19(10-8-18)27-20-13-17(11-12-22-20)15-24-21(25)23-14-16-5-3-2-4-6-16/h2-3,7-13,16H,4-6,14-15H2,1H3,(H2,23,24,25)/t16-/m1/s1. The van der Waals surface area contributed by atoms with Crippen molar-refractivity contribution in [3.05, 3.63) is 60.3 Å². The van der Waals surface area contributed by atoms with E-state index in [1.54, 1.807) is 13.3 Å². The second kappa shape index (κ2) is 9.62. The predicted octanol–water partition coefficient (Wildman–Crippen LogP) is 4.04. The maximum Gasteiger partial charge on any atom is 0.315 e. The highest BCUT2D eigenvalue weighted by molar-refractivity contribution is 5.73. The first kappa shape index (κ1) is 18.8. The van der Waals surface area contributed by atoms with Crippen LogP contribution in [0.25, 0.3) is 0 Å². The van der Waals surface area contributed by atoms with E-state index in [-0.39, 0.29) is 6.03 Å². The van der Waals surface area contributed by atoms with Gasteiger partial charge in [0.05, 0.1) is 7.11 Å². The monoisotopic (exact) mass is 367 g/mol. The molecule has 2 aromatic rings. The quantitative estimate of drug-likeness (QED) is 0.725. The minimum absolute atomic E-state index is 0.154. The van der Waals surface area contributed by atoms with Gasteiger partial charge in [0.25, 0.3) is 0 Å². The summed E-state index contributed by atoms with van der Waals surface area (Å²) < 4.78 is 10.9. The van der Waals surface area contributed by atoms with Crippen molar-refractivity contribution in [3.8, 4) is 17.4 Å². The fraction of sp³-hybridized carbons (Fsp3) is 0.333. The van der Waals surface area contributed by atoms with E-state index in [1.807, 2.05) is 36.4 Å². The van der Waals surface area contributed by atoms with Crippen LogP contribution in [0.1, 0.15) is 24.8 Å². The summed E-state index contributed by atoms with van der Waals surface area (Å²) in [6.45, 7) is 1.12. The Bertz CT molecular complexity index is 774. The second-order valence-corrected chi connectivity index (χ2v) is 6.49. The third-order valence-electron chi connectivity index (χ3n) is 4.46. The number of nitrogens with one attached hydrogen (secondary N) is 2. The molecular formula is C21H25N3O3. The number of hydrogen-bond donors (Lipinski definition) is 2. The Morgan fingerprint density at radius 1 is 1.15 bits per heavy atom. The Morgan fingerprint density at radius 3 is 2.70 bits per heavy atom. The molecule has 6 heteroatoms. The lowest BCUT2D eigenvalue weighted by Gasteiger charge is -2.18. The van der Waals surface area contributed by atoms with Gasteiger partial charge in [-0.25, -0.2) is 9.78 Å². The van der Waals surface area contributed by atoms with Gasteiger partial charge >= 0.3 is 6.03 Å². The zero-order valence-corrected chi connectivity index (χ0v) is 15.5. The number of allylic oxidation sites excluding steroid dienone is 2. The van der Waals surface area contributed by atoms with Gasteiger partial charge in [0.2, 0.25) is 5.88 Å². The molecule has 0 aliphatic heterocycles. The molecule has 1 aromatic heterocycles. The van der Waals surface area contributed by atoms with Crippen molar-refractivity contribution in [2.75, 3.05) is 13.7 Å². The van der Waals surface area contributed by atoms with Crippen molar-refractivity contribution in [1.29, 1.82) is 0 Å². The number of pyridine rings is 1. The maximum atomic E-state index is 12.0. The Morgan fingerprint density at radius 2 is 1.96 bits per heavy atom. The molecule has 27 heavy (non-hydrogen) atoms. The highest BCUT2D eigenvalue weighted by atomic mass is 16.5. The smallest absolute Gasteiger partial charge is 0.315 e. The van der Waals surface area contributed by atoms with E-state index in [0.29, 0.717) is 30.6 Å². The fourth-order valence-corrected chi connectivity index (χ4v) is 2.90. The molecule has 1 aliphatic carbocycles. The number of benzene rings is 1.